The lowest BCUT2D eigenvalue weighted by Crippen LogP contribution is -1.92. The van der Waals surface area contributed by atoms with E-state index in [1.165, 1.54) is 0 Å². The Morgan fingerprint density at radius 2 is 1.04 bits per heavy atom. The standard InChI is InChI=1S/C44H27NO2/c1-3-12-28(13-4-1)34-20-10-21-37-41-33(19-11-23-39(41)46-43(34)37)31-15-9-14-29(26-31)30-24-25-36-40(27-30)47-44-35-18-7-8-22-38(35)45(42(36)44)32-16-5-2-6-17-32/h1-27H. The van der Waals surface area contributed by atoms with Crippen LogP contribution in [-0.2, 0) is 0 Å². The summed E-state index contributed by atoms with van der Waals surface area (Å²) in [5.41, 5.74) is 13.8. The number of aromatic nitrogens is 1. The van der Waals surface area contributed by atoms with Crippen molar-refractivity contribution in [2.45, 2.75) is 0 Å². The van der Waals surface area contributed by atoms with Crippen molar-refractivity contribution in [1.29, 1.82) is 0 Å². The second-order valence-electron chi connectivity index (χ2n) is 12.1. The third-order valence-electron chi connectivity index (χ3n) is 9.41. The van der Waals surface area contributed by atoms with Gasteiger partial charge < -0.3 is 13.4 Å². The zero-order valence-electron chi connectivity index (χ0n) is 25.4. The Balaban J connectivity index is 1.12. The first-order valence-corrected chi connectivity index (χ1v) is 15.9. The normalized spacial score (nSPS) is 11.8. The monoisotopic (exact) mass is 601 g/mol. The SMILES string of the molecule is c1ccc(-c2cccc3c2oc2cccc(-c4cccc(-c5ccc6c(c5)oc5c7ccccc7n(-c7ccccc7)c65)c4)c23)cc1. The zero-order chi connectivity index (χ0) is 30.9. The van der Waals surface area contributed by atoms with Crippen molar-refractivity contribution in [3.63, 3.8) is 0 Å². The van der Waals surface area contributed by atoms with Crippen molar-refractivity contribution >= 4 is 54.9 Å². The van der Waals surface area contributed by atoms with Crippen LogP contribution < -0.4 is 0 Å². The molecule has 3 heteroatoms. The number of benzene rings is 7. The first kappa shape index (κ1) is 26.0. The molecule has 0 spiro atoms. The molecule has 0 radical (unpaired) electrons. The van der Waals surface area contributed by atoms with Gasteiger partial charge in [-0.3, -0.25) is 0 Å². The molecule has 3 aromatic heterocycles. The second kappa shape index (κ2) is 10.1. The van der Waals surface area contributed by atoms with E-state index in [9.17, 15) is 0 Å². The maximum atomic E-state index is 6.65. The van der Waals surface area contributed by atoms with E-state index in [1.54, 1.807) is 0 Å². The molecule has 10 aromatic rings. The van der Waals surface area contributed by atoms with E-state index in [0.717, 1.165) is 94.0 Å². The highest BCUT2D eigenvalue weighted by atomic mass is 16.3. The minimum atomic E-state index is 0.879. The van der Waals surface area contributed by atoms with Crippen LogP contribution in [0.5, 0.6) is 0 Å². The molecule has 10 rings (SSSR count). The van der Waals surface area contributed by atoms with E-state index >= 15 is 0 Å². The minimum Gasteiger partial charge on any atom is -0.455 e. The summed E-state index contributed by atoms with van der Waals surface area (Å²) in [5, 5.41) is 4.47. The lowest BCUT2D eigenvalue weighted by atomic mass is 9.95. The molecule has 220 valence electrons. The van der Waals surface area contributed by atoms with Gasteiger partial charge in [0.25, 0.3) is 0 Å². The molecule has 0 fully saturated rings. The summed E-state index contributed by atoms with van der Waals surface area (Å²) < 4.78 is 15.5. The van der Waals surface area contributed by atoms with E-state index in [1.807, 2.05) is 6.07 Å². The van der Waals surface area contributed by atoms with Crippen molar-refractivity contribution in [2.24, 2.45) is 0 Å². The summed E-state index contributed by atoms with van der Waals surface area (Å²) in [6.07, 6.45) is 0. The Kier molecular flexibility index (Phi) is 5.57. The van der Waals surface area contributed by atoms with Gasteiger partial charge >= 0.3 is 0 Å². The molecule has 0 amide bonds. The largest absolute Gasteiger partial charge is 0.455 e. The Bertz CT molecular complexity index is 2780. The lowest BCUT2D eigenvalue weighted by molar-refractivity contribution is 0.670. The van der Waals surface area contributed by atoms with Crippen LogP contribution in [0.2, 0.25) is 0 Å². The molecular formula is C44H27NO2. The highest BCUT2D eigenvalue weighted by Crippen LogP contribution is 2.43. The van der Waals surface area contributed by atoms with Crippen molar-refractivity contribution in [2.75, 3.05) is 0 Å². The van der Waals surface area contributed by atoms with Gasteiger partial charge in [0.15, 0.2) is 5.58 Å². The van der Waals surface area contributed by atoms with Crippen LogP contribution in [0.25, 0.3) is 94.0 Å². The van der Waals surface area contributed by atoms with Crippen LogP contribution in [0.15, 0.2) is 173 Å². The summed E-state index contributed by atoms with van der Waals surface area (Å²) in [7, 11) is 0. The van der Waals surface area contributed by atoms with Gasteiger partial charge in [0.05, 0.1) is 5.52 Å². The molecule has 0 unspecified atom stereocenters. The Morgan fingerprint density at radius 3 is 1.94 bits per heavy atom. The topological polar surface area (TPSA) is 31.2 Å². The van der Waals surface area contributed by atoms with Gasteiger partial charge in [-0.25, -0.2) is 0 Å². The quantitative estimate of drug-likeness (QED) is 0.201. The molecule has 7 aromatic carbocycles. The molecule has 47 heavy (non-hydrogen) atoms. The fourth-order valence-electron chi connectivity index (χ4n) is 7.29. The Hall–Kier alpha value is -6.32. The van der Waals surface area contributed by atoms with Gasteiger partial charge in [0.1, 0.15) is 22.3 Å². The van der Waals surface area contributed by atoms with E-state index in [4.69, 9.17) is 8.83 Å². The molecule has 0 aliphatic rings. The predicted octanol–water partition coefficient (Wildman–Crippen LogP) is 12.4. The molecule has 0 atom stereocenters. The van der Waals surface area contributed by atoms with Crippen molar-refractivity contribution in [3.8, 4) is 39.1 Å². The molecular weight excluding hydrogens is 574 g/mol. The fourth-order valence-corrected chi connectivity index (χ4v) is 7.29. The third kappa shape index (κ3) is 3.93. The Morgan fingerprint density at radius 1 is 0.383 bits per heavy atom. The number of rotatable bonds is 4. The van der Waals surface area contributed by atoms with Crippen molar-refractivity contribution < 1.29 is 8.83 Å². The summed E-state index contributed by atoms with van der Waals surface area (Å²) in [4.78, 5) is 0. The van der Waals surface area contributed by atoms with Crippen LogP contribution in [0, 0.1) is 0 Å². The summed E-state index contributed by atoms with van der Waals surface area (Å²) in [6, 6.07) is 57.6. The van der Waals surface area contributed by atoms with Crippen LogP contribution in [0.3, 0.4) is 0 Å². The molecule has 0 bridgehead atoms. The van der Waals surface area contributed by atoms with Gasteiger partial charge in [0.2, 0.25) is 0 Å². The average molecular weight is 602 g/mol. The molecule has 0 aliphatic heterocycles. The van der Waals surface area contributed by atoms with Crippen LogP contribution in [-0.4, -0.2) is 4.57 Å². The van der Waals surface area contributed by atoms with Gasteiger partial charge in [-0.1, -0.05) is 115 Å². The second-order valence-corrected chi connectivity index (χ2v) is 12.1. The fraction of sp³-hybridized carbons (Fsp3) is 0. The number of nitrogens with zero attached hydrogens (tertiary/aromatic N) is 1. The first-order chi connectivity index (χ1) is 23.3. The summed E-state index contributed by atoms with van der Waals surface area (Å²) >= 11 is 0. The minimum absolute atomic E-state index is 0.879. The Labute approximate surface area is 270 Å². The number of hydrogen-bond acceptors (Lipinski definition) is 2. The molecule has 3 nitrogen and oxygen atoms in total. The molecule has 0 aliphatic carbocycles. The summed E-state index contributed by atoms with van der Waals surface area (Å²) in [5.74, 6) is 0. The number of hydrogen-bond donors (Lipinski definition) is 0. The van der Waals surface area contributed by atoms with Gasteiger partial charge in [-0.05, 0) is 76.3 Å². The number of fused-ring (bicyclic) bond motifs is 8. The highest BCUT2D eigenvalue weighted by molar-refractivity contribution is 6.17. The van der Waals surface area contributed by atoms with Gasteiger partial charge in [-0.15, -0.1) is 0 Å². The molecule has 0 saturated carbocycles. The van der Waals surface area contributed by atoms with E-state index in [-0.39, 0.29) is 0 Å². The van der Waals surface area contributed by atoms with Gasteiger partial charge in [0, 0.05) is 32.8 Å². The molecule has 3 heterocycles. The third-order valence-corrected chi connectivity index (χ3v) is 9.41. The highest BCUT2D eigenvalue weighted by Gasteiger charge is 2.20. The number of furan rings is 2. The van der Waals surface area contributed by atoms with Crippen molar-refractivity contribution in [1.82, 2.24) is 4.57 Å². The van der Waals surface area contributed by atoms with Crippen LogP contribution in [0.4, 0.5) is 0 Å². The van der Waals surface area contributed by atoms with Gasteiger partial charge in [-0.2, -0.15) is 0 Å². The van der Waals surface area contributed by atoms with E-state index in [2.05, 4.69) is 162 Å². The number of para-hydroxylation sites is 3. The summed E-state index contributed by atoms with van der Waals surface area (Å²) in [6.45, 7) is 0. The van der Waals surface area contributed by atoms with Crippen LogP contribution in [0.1, 0.15) is 0 Å². The van der Waals surface area contributed by atoms with E-state index < -0.39 is 0 Å². The predicted molar refractivity (Wildman–Crippen MR) is 194 cm³/mol. The van der Waals surface area contributed by atoms with Crippen LogP contribution >= 0.6 is 0 Å². The maximum absolute atomic E-state index is 6.65. The average Bonchev–Trinajstić information content (AvgIpc) is 3.81. The zero-order valence-corrected chi connectivity index (χ0v) is 25.4. The molecule has 0 N–H and O–H groups in total. The van der Waals surface area contributed by atoms with E-state index in [0.29, 0.717) is 0 Å². The smallest absolute Gasteiger partial charge is 0.161 e. The lowest BCUT2D eigenvalue weighted by Gasteiger charge is -2.09. The van der Waals surface area contributed by atoms with Crippen molar-refractivity contribution in [3.05, 3.63) is 164 Å². The first-order valence-electron chi connectivity index (χ1n) is 15.9. The molecule has 0 saturated heterocycles. The maximum Gasteiger partial charge on any atom is 0.161 e.